The lowest BCUT2D eigenvalue weighted by Crippen LogP contribution is -2.40. The van der Waals surface area contributed by atoms with E-state index in [9.17, 15) is 9.18 Å². The van der Waals surface area contributed by atoms with E-state index in [1.807, 2.05) is 36.4 Å². The molecule has 1 heterocycles. The Balaban J connectivity index is 1.58. The predicted molar refractivity (Wildman–Crippen MR) is 110 cm³/mol. The molecule has 3 aromatic rings. The average molecular weight is 415 g/mol. The van der Waals surface area contributed by atoms with Crippen LogP contribution < -0.4 is 10.6 Å². The van der Waals surface area contributed by atoms with Gasteiger partial charge in [-0.15, -0.1) is 0 Å². The van der Waals surface area contributed by atoms with E-state index in [0.29, 0.717) is 16.6 Å². The van der Waals surface area contributed by atoms with Crippen LogP contribution >= 0.6 is 23.2 Å². The molecule has 28 heavy (non-hydrogen) atoms. The van der Waals surface area contributed by atoms with Gasteiger partial charge in [0.1, 0.15) is 11.9 Å². The van der Waals surface area contributed by atoms with E-state index < -0.39 is 6.04 Å². The van der Waals surface area contributed by atoms with Gasteiger partial charge in [-0.2, -0.15) is 0 Å². The van der Waals surface area contributed by atoms with Crippen LogP contribution in [0.2, 0.25) is 10.0 Å². The van der Waals surface area contributed by atoms with E-state index in [1.165, 1.54) is 12.1 Å². The van der Waals surface area contributed by atoms with E-state index in [-0.39, 0.29) is 17.6 Å². The number of carbonyl (C=O) groups is 1. The fraction of sp³-hybridized carbons (Fsp3) is 0.136. The Morgan fingerprint density at radius 1 is 1.00 bits per heavy atom. The summed E-state index contributed by atoms with van der Waals surface area (Å²) in [6.07, 6.45) is 0. The molecule has 3 aromatic carbocycles. The maximum atomic E-state index is 13.9. The third-order valence-corrected chi connectivity index (χ3v) is 5.62. The Bertz CT molecular complexity index is 1030. The molecule has 2 atom stereocenters. The lowest BCUT2D eigenvalue weighted by molar-refractivity contribution is -0.122. The number of nitrogens with one attached hydrogen (secondary N) is 2. The lowest BCUT2D eigenvalue weighted by atomic mass is 9.87. The van der Waals surface area contributed by atoms with Gasteiger partial charge in [0.05, 0.1) is 10.0 Å². The van der Waals surface area contributed by atoms with Crippen molar-refractivity contribution in [1.82, 2.24) is 5.32 Å². The number of fused-ring (bicyclic) bond motifs is 1. The molecule has 0 saturated carbocycles. The van der Waals surface area contributed by atoms with Crippen molar-refractivity contribution in [3.8, 4) is 0 Å². The maximum Gasteiger partial charge on any atom is 0.243 e. The van der Waals surface area contributed by atoms with Crippen LogP contribution in [0.15, 0.2) is 66.7 Å². The second-order valence-electron chi connectivity index (χ2n) is 6.71. The Kier molecular flexibility index (Phi) is 5.25. The molecule has 0 saturated heterocycles. The first-order valence-corrected chi connectivity index (χ1v) is 9.61. The number of carbonyl (C=O) groups excluding carboxylic acids is 1. The van der Waals surface area contributed by atoms with Crippen LogP contribution in [0.1, 0.15) is 22.6 Å². The summed E-state index contributed by atoms with van der Waals surface area (Å²) in [5, 5.41) is 7.09. The van der Waals surface area contributed by atoms with Crippen molar-refractivity contribution in [3.05, 3.63) is 99.3 Å². The molecule has 0 fully saturated rings. The molecule has 0 bridgehead atoms. The van der Waals surface area contributed by atoms with Crippen molar-refractivity contribution in [1.29, 1.82) is 0 Å². The second-order valence-corrected chi connectivity index (χ2v) is 7.52. The molecule has 3 nitrogen and oxygen atoms in total. The maximum absolute atomic E-state index is 13.9. The van der Waals surface area contributed by atoms with Gasteiger partial charge in [-0.25, -0.2) is 4.39 Å². The first-order valence-electron chi connectivity index (χ1n) is 8.85. The number of hydrogen-bond donors (Lipinski definition) is 2. The van der Waals surface area contributed by atoms with E-state index >= 15 is 0 Å². The van der Waals surface area contributed by atoms with Crippen LogP contribution in [0.5, 0.6) is 0 Å². The molecule has 0 aromatic heterocycles. The fourth-order valence-corrected chi connectivity index (χ4v) is 3.87. The Hall–Kier alpha value is -2.56. The number of benzene rings is 3. The minimum atomic E-state index is -0.540. The Labute approximate surface area is 172 Å². The third-order valence-electron chi connectivity index (χ3n) is 4.88. The Morgan fingerprint density at radius 3 is 2.54 bits per heavy atom. The van der Waals surface area contributed by atoms with E-state index in [4.69, 9.17) is 23.2 Å². The summed E-state index contributed by atoms with van der Waals surface area (Å²) in [5.74, 6) is -0.768. The molecule has 0 radical (unpaired) electrons. The molecule has 1 aliphatic rings. The van der Waals surface area contributed by atoms with Crippen LogP contribution in [0, 0.1) is 5.82 Å². The smallest absolute Gasteiger partial charge is 0.243 e. The molecule has 6 heteroatoms. The molecule has 0 aliphatic carbocycles. The van der Waals surface area contributed by atoms with Crippen LogP contribution in [-0.4, -0.2) is 11.9 Å². The topological polar surface area (TPSA) is 41.1 Å². The molecular weight excluding hydrogens is 398 g/mol. The van der Waals surface area contributed by atoms with Crippen molar-refractivity contribution in [2.24, 2.45) is 0 Å². The summed E-state index contributed by atoms with van der Waals surface area (Å²) in [6, 6.07) is 18.9. The molecule has 1 aliphatic heterocycles. The normalized spacial score (nSPS) is 17.7. The predicted octanol–water partition coefficient (Wildman–Crippen LogP) is 5.37. The van der Waals surface area contributed by atoms with Crippen LogP contribution in [0.25, 0.3) is 0 Å². The summed E-state index contributed by atoms with van der Waals surface area (Å²) in [7, 11) is 0. The number of anilines is 1. The zero-order valence-electron chi connectivity index (χ0n) is 14.8. The first-order chi connectivity index (χ1) is 13.5. The number of amides is 1. The summed E-state index contributed by atoms with van der Waals surface area (Å²) < 4.78 is 13.9. The summed E-state index contributed by atoms with van der Waals surface area (Å²) in [4.78, 5) is 13.0. The highest BCUT2D eigenvalue weighted by Crippen LogP contribution is 2.40. The van der Waals surface area contributed by atoms with Crippen LogP contribution in [-0.2, 0) is 11.3 Å². The van der Waals surface area contributed by atoms with Gasteiger partial charge < -0.3 is 10.6 Å². The SMILES string of the molecule is O=C(NCc1ccc(Cl)c(Cl)c1)C1Nc2ccc(F)cc2C1c1ccccc1. The quantitative estimate of drug-likeness (QED) is 0.601. The fourth-order valence-electron chi connectivity index (χ4n) is 3.55. The van der Waals surface area contributed by atoms with Crippen molar-refractivity contribution < 1.29 is 9.18 Å². The summed E-state index contributed by atoms with van der Waals surface area (Å²) >= 11 is 12.0. The highest BCUT2D eigenvalue weighted by atomic mass is 35.5. The van der Waals surface area contributed by atoms with E-state index in [0.717, 1.165) is 22.4 Å². The molecule has 4 rings (SSSR count). The minimum absolute atomic E-state index is 0.170. The lowest BCUT2D eigenvalue weighted by Gasteiger charge is -2.20. The molecule has 1 amide bonds. The van der Waals surface area contributed by atoms with E-state index in [2.05, 4.69) is 10.6 Å². The van der Waals surface area contributed by atoms with Crippen LogP contribution in [0.3, 0.4) is 0 Å². The van der Waals surface area contributed by atoms with E-state index in [1.54, 1.807) is 18.2 Å². The monoisotopic (exact) mass is 414 g/mol. The third kappa shape index (κ3) is 3.71. The summed E-state index contributed by atoms with van der Waals surface area (Å²) in [6.45, 7) is 0.320. The van der Waals surface area contributed by atoms with Crippen molar-refractivity contribution >= 4 is 34.8 Å². The van der Waals surface area contributed by atoms with Gasteiger partial charge in [0.25, 0.3) is 0 Å². The number of hydrogen-bond acceptors (Lipinski definition) is 2. The minimum Gasteiger partial charge on any atom is -0.373 e. The summed E-state index contributed by atoms with van der Waals surface area (Å²) in [5.41, 5.74) is 3.35. The molecule has 2 N–H and O–H groups in total. The van der Waals surface area contributed by atoms with Gasteiger partial charge in [0.15, 0.2) is 0 Å². The number of rotatable bonds is 4. The van der Waals surface area contributed by atoms with Crippen molar-refractivity contribution in [2.75, 3.05) is 5.32 Å². The van der Waals surface area contributed by atoms with Gasteiger partial charge in [0, 0.05) is 18.2 Å². The standard InChI is InChI=1S/C22H17Cl2FN2O/c23-17-8-6-13(10-18(17)24)12-26-22(28)21-20(14-4-2-1-3-5-14)16-11-15(25)7-9-19(16)27-21/h1-11,20-21,27H,12H2,(H,26,28). The van der Waals surface area contributed by atoms with Gasteiger partial charge in [-0.3, -0.25) is 4.79 Å². The van der Waals surface area contributed by atoms with Crippen LogP contribution in [0.4, 0.5) is 10.1 Å². The molecule has 142 valence electrons. The zero-order chi connectivity index (χ0) is 19.7. The second kappa shape index (κ2) is 7.82. The van der Waals surface area contributed by atoms with Gasteiger partial charge in [0.2, 0.25) is 5.91 Å². The molecular formula is C22H17Cl2FN2O. The van der Waals surface area contributed by atoms with Gasteiger partial charge >= 0.3 is 0 Å². The highest BCUT2D eigenvalue weighted by Gasteiger charge is 2.38. The largest absolute Gasteiger partial charge is 0.373 e. The Morgan fingerprint density at radius 2 is 1.79 bits per heavy atom. The first kappa shape index (κ1) is 18.8. The highest BCUT2D eigenvalue weighted by molar-refractivity contribution is 6.42. The van der Waals surface area contributed by atoms with Crippen molar-refractivity contribution in [2.45, 2.75) is 18.5 Å². The molecule has 2 unspecified atom stereocenters. The zero-order valence-corrected chi connectivity index (χ0v) is 16.3. The van der Waals surface area contributed by atoms with Gasteiger partial charge in [-0.05, 0) is 47.0 Å². The van der Waals surface area contributed by atoms with Gasteiger partial charge in [-0.1, -0.05) is 59.6 Å². The average Bonchev–Trinajstić information content (AvgIpc) is 3.08. The van der Waals surface area contributed by atoms with Crippen molar-refractivity contribution in [3.63, 3.8) is 0 Å². The molecule has 0 spiro atoms. The number of halogens is 3.